The summed E-state index contributed by atoms with van der Waals surface area (Å²) in [5, 5.41) is 10.8. The van der Waals surface area contributed by atoms with Crippen molar-refractivity contribution in [2.45, 2.75) is 48.4 Å². The molecule has 0 bridgehead atoms. The molecule has 2 heterocycles. The lowest BCUT2D eigenvalue weighted by atomic mass is 9.86. The Morgan fingerprint density at radius 1 is 1.03 bits per heavy atom. The zero-order valence-corrected chi connectivity index (χ0v) is 19.2. The van der Waals surface area contributed by atoms with Gasteiger partial charge in [0.1, 0.15) is 5.52 Å². The van der Waals surface area contributed by atoms with E-state index >= 15 is 0 Å². The van der Waals surface area contributed by atoms with Crippen LogP contribution in [0.3, 0.4) is 0 Å². The summed E-state index contributed by atoms with van der Waals surface area (Å²) >= 11 is 0. The van der Waals surface area contributed by atoms with Crippen molar-refractivity contribution in [2.24, 2.45) is 5.92 Å². The van der Waals surface area contributed by atoms with E-state index in [1.807, 2.05) is 0 Å². The molecule has 2 aromatic carbocycles. The minimum Gasteiger partial charge on any atom is -0.390 e. The first-order valence-electron chi connectivity index (χ1n) is 11.4. The molecule has 1 aliphatic carbocycles. The number of para-hydroxylation sites is 1. The fraction of sp³-hybridized carbons (Fsp3) is 0.400. The van der Waals surface area contributed by atoms with Gasteiger partial charge in [-0.15, -0.1) is 0 Å². The zero-order chi connectivity index (χ0) is 23.1. The van der Waals surface area contributed by atoms with Crippen molar-refractivity contribution in [3.8, 4) is 0 Å². The third-order valence-corrected chi connectivity index (χ3v) is 8.41. The Bertz CT molecular complexity index is 1270. The molecule has 1 N–H and O–H groups in total. The normalized spacial score (nSPS) is 18.4. The third-order valence-electron chi connectivity index (χ3n) is 6.70. The average molecular weight is 466 g/mol. The molecule has 2 fully saturated rings. The van der Waals surface area contributed by atoms with Crippen LogP contribution in [-0.4, -0.2) is 53.0 Å². The Kier molecular flexibility index (Phi) is 5.66. The van der Waals surface area contributed by atoms with Crippen LogP contribution in [0.4, 0.5) is 0 Å². The van der Waals surface area contributed by atoms with Crippen LogP contribution in [0, 0.1) is 5.92 Å². The van der Waals surface area contributed by atoms with Crippen LogP contribution in [0.1, 0.15) is 48.0 Å². The zero-order valence-electron chi connectivity index (χ0n) is 18.4. The molecule has 0 atom stereocenters. The smallest absolute Gasteiger partial charge is 0.253 e. The first-order chi connectivity index (χ1) is 15.8. The number of sulfone groups is 1. The van der Waals surface area contributed by atoms with Gasteiger partial charge in [0.2, 0.25) is 0 Å². The van der Waals surface area contributed by atoms with Crippen molar-refractivity contribution in [1.29, 1.82) is 0 Å². The number of fused-ring (bicyclic) bond motifs is 1. The van der Waals surface area contributed by atoms with Crippen LogP contribution in [0.25, 0.3) is 11.0 Å². The molecule has 1 aromatic heterocycles. The van der Waals surface area contributed by atoms with Crippen molar-refractivity contribution < 1.29 is 18.3 Å². The summed E-state index contributed by atoms with van der Waals surface area (Å²) in [7, 11) is -3.64. The number of carbonyl (C=O) groups excluding carboxylic acids is 1. The van der Waals surface area contributed by atoms with Crippen LogP contribution in [0.5, 0.6) is 0 Å². The first-order valence-corrected chi connectivity index (χ1v) is 13.0. The third kappa shape index (κ3) is 4.77. The summed E-state index contributed by atoms with van der Waals surface area (Å²) in [6.45, 7) is 1.08. The second-order valence-corrected chi connectivity index (χ2v) is 11.3. The molecule has 33 heavy (non-hydrogen) atoms. The Balaban J connectivity index is 1.26. The maximum absolute atomic E-state index is 13.1. The summed E-state index contributed by atoms with van der Waals surface area (Å²) in [5.41, 5.74) is 1.38. The molecular formula is C25H27N3O4S. The SMILES string of the molecule is O=C(c1ccc(CS(=O)(=O)c2cccc3nccnc23)cc1)N1CCC(O)(CC2CC2)CC1. The van der Waals surface area contributed by atoms with E-state index in [4.69, 9.17) is 0 Å². The summed E-state index contributed by atoms with van der Waals surface area (Å²) in [4.78, 5) is 23.2. The molecule has 0 unspecified atom stereocenters. The quantitative estimate of drug-likeness (QED) is 0.599. The molecule has 2 aliphatic rings. The van der Waals surface area contributed by atoms with E-state index in [-0.39, 0.29) is 16.6 Å². The van der Waals surface area contributed by atoms with Gasteiger partial charge < -0.3 is 10.0 Å². The van der Waals surface area contributed by atoms with Crippen molar-refractivity contribution in [2.75, 3.05) is 13.1 Å². The highest BCUT2D eigenvalue weighted by Crippen LogP contribution is 2.40. The Labute approximate surface area is 193 Å². The second kappa shape index (κ2) is 8.50. The largest absolute Gasteiger partial charge is 0.390 e. The highest BCUT2D eigenvalue weighted by Gasteiger charge is 2.38. The number of nitrogens with zero attached hydrogens (tertiary/aromatic N) is 3. The topological polar surface area (TPSA) is 100 Å². The van der Waals surface area contributed by atoms with E-state index in [0.717, 1.165) is 6.42 Å². The molecule has 1 saturated carbocycles. The number of piperidine rings is 1. The maximum atomic E-state index is 13.1. The Hall–Kier alpha value is -2.84. The van der Waals surface area contributed by atoms with E-state index in [9.17, 15) is 18.3 Å². The van der Waals surface area contributed by atoms with Gasteiger partial charge in [-0.05, 0) is 55.0 Å². The second-order valence-electron chi connectivity index (χ2n) is 9.30. The van der Waals surface area contributed by atoms with Crippen LogP contribution in [-0.2, 0) is 15.6 Å². The van der Waals surface area contributed by atoms with Gasteiger partial charge in [0.15, 0.2) is 9.84 Å². The summed E-state index contributed by atoms with van der Waals surface area (Å²) in [6.07, 6.45) is 7.50. The van der Waals surface area contributed by atoms with Gasteiger partial charge in [-0.3, -0.25) is 14.8 Å². The predicted octanol–water partition coefficient (Wildman–Crippen LogP) is 3.37. The molecule has 7 nitrogen and oxygen atoms in total. The molecule has 3 aromatic rings. The van der Waals surface area contributed by atoms with E-state index < -0.39 is 15.4 Å². The number of hydrogen-bond acceptors (Lipinski definition) is 6. The summed E-state index contributed by atoms with van der Waals surface area (Å²) in [6, 6.07) is 11.7. The van der Waals surface area contributed by atoms with Crippen molar-refractivity contribution in [3.63, 3.8) is 0 Å². The Morgan fingerprint density at radius 3 is 2.42 bits per heavy atom. The van der Waals surface area contributed by atoms with Crippen LogP contribution >= 0.6 is 0 Å². The molecule has 1 amide bonds. The monoisotopic (exact) mass is 465 g/mol. The number of rotatable bonds is 6. The molecule has 1 aliphatic heterocycles. The first kappa shape index (κ1) is 22.0. The Morgan fingerprint density at radius 2 is 1.73 bits per heavy atom. The standard InChI is InChI=1S/C25H27N3O4S/c29-24(28-14-10-25(30,11-15-28)16-18-4-5-18)20-8-6-19(7-9-20)17-33(31,32)22-3-1-2-21-23(22)27-13-12-26-21/h1-3,6-9,12-13,18,30H,4-5,10-11,14-17H2. The van der Waals surface area contributed by atoms with Crippen molar-refractivity contribution in [1.82, 2.24) is 14.9 Å². The molecule has 5 rings (SSSR count). The van der Waals surface area contributed by atoms with Crippen LogP contribution in [0.15, 0.2) is 59.8 Å². The maximum Gasteiger partial charge on any atom is 0.253 e. The number of benzene rings is 2. The van der Waals surface area contributed by atoms with Gasteiger partial charge >= 0.3 is 0 Å². The molecule has 8 heteroatoms. The van der Waals surface area contributed by atoms with Crippen LogP contribution in [0.2, 0.25) is 0 Å². The van der Waals surface area contributed by atoms with Gasteiger partial charge in [-0.2, -0.15) is 0 Å². The lowest BCUT2D eigenvalue weighted by Gasteiger charge is -2.38. The molecule has 0 spiro atoms. The van der Waals surface area contributed by atoms with Crippen molar-refractivity contribution in [3.05, 3.63) is 66.0 Å². The van der Waals surface area contributed by atoms with E-state index in [0.29, 0.717) is 54.0 Å². The lowest BCUT2D eigenvalue weighted by Crippen LogP contribution is -2.46. The van der Waals surface area contributed by atoms with E-state index in [1.165, 1.54) is 25.2 Å². The minimum atomic E-state index is -3.64. The molecule has 1 saturated heterocycles. The van der Waals surface area contributed by atoms with Crippen LogP contribution < -0.4 is 0 Å². The van der Waals surface area contributed by atoms with Gasteiger partial charge in [0, 0.05) is 31.0 Å². The highest BCUT2D eigenvalue weighted by molar-refractivity contribution is 7.90. The molecular weight excluding hydrogens is 438 g/mol. The number of amides is 1. The predicted molar refractivity (Wildman–Crippen MR) is 124 cm³/mol. The highest BCUT2D eigenvalue weighted by atomic mass is 32.2. The molecule has 172 valence electrons. The average Bonchev–Trinajstić information content (AvgIpc) is 3.62. The fourth-order valence-corrected chi connectivity index (χ4v) is 6.15. The van der Waals surface area contributed by atoms with Crippen molar-refractivity contribution >= 4 is 26.8 Å². The number of likely N-dealkylation sites (tertiary alicyclic amines) is 1. The summed E-state index contributed by atoms with van der Waals surface area (Å²) in [5.74, 6) is 0.388. The fourth-order valence-electron chi connectivity index (χ4n) is 4.63. The number of hydrogen-bond donors (Lipinski definition) is 1. The van der Waals surface area contributed by atoms with Gasteiger partial charge in [0.05, 0.1) is 21.8 Å². The van der Waals surface area contributed by atoms with Gasteiger partial charge in [0.25, 0.3) is 5.91 Å². The number of carbonyl (C=O) groups is 1. The van der Waals surface area contributed by atoms with E-state index in [1.54, 1.807) is 47.4 Å². The number of aliphatic hydroxyl groups is 1. The van der Waals surface area contributed by atoms with Gasteiger partial charge in [-0.25, -0.2) is 8.42 Å². The van der Waals surface area contributed by atoms with Gasteiger partial charge in [-0.1, -0.05) is 31.0 Å². The number of aromatic nitrogens is 2. The summed E-state index contributed by atoms with van der Waals surface area (Å²) < 4.78 is 26.1. The minimum absolute atomic E-state index is 0.0813. The molecule has 0 radical (unpaired) electrons. The lowest BCUT2D eigenvalue weighted by molar-refractivity contribution is -0.0267. The van der Waals surface area contributed by atoms with E-state index in [2.05, 4.69) is 9.97 Å².